The zero-order chi connectivity index (χ0) is 22.0. The van der Waals surface area contributed by atoms with Gasteiger partial charge in [0.2, 0.25) is 0 Å². The fourth-order valence-corrected chi connectivity index (χ4v) is 3.93. The van der Waals surface area contributed by atoms with Gasteiger partial charge in [-0.3, -0.25) is 15.0 Å². The second-order valence-electron chi connectivity index (χ2n) is 8.23. The summed E-state index contributed by atoms with van der Waals surface area (Å²) in [6.45, 7) is 2.50. The molecule has 1 saturated heterocycles. The van der Waals surface area contributed by atoms with E-state index in [-0.39, 0.29) is 12.5 Å². The van der Waals surface area contributed by atoms with Crippen molar-refractivity contribution in [1.82, 2.24) is 15.8 Å². The lowest BCUT2D eigenvalue weighted by Gasteiger charge is -2.23. The average Bonchev–Trinajstić information content (AvgIpc) is 3.60. The Hall–Kier alpha value is -3.39. The standard InChI is InChI=1S/C23H26N4O4/c1-23(17-6-4-3-5-7-17)21(29)27(22(30)24-23)25-20(28)15-26(18-10-11-18)14-16-8-12-19(31-2)13-9-16/h3-9,12-13,18H,10-11,14-15H2,1-2H3,(H,24,30)(H,25,28)/p+1/t23-/m0/s1. The van der Waals surface area contributed by atoms with Crippen LogP contribution in [-0.2, 0) is 21.7 Å². The zero-order valence-corrected chi connectivity index (χ0v) is 17.7. The summed E-state index contributed by atoms with van der Waals surface area (Å²) in [5.74, 6) is -0.0779. The predicted molar refractivity (Wildman–Crippen MR) is 113 cm³/mol. The van der Waals surface area contributed by atoms with Crippen molar-refractivity contribution in [1.29, 1.82) is 0 Å². The molecule has 162 valence electrons. The number of rotatable bonds is 8. The van der Waals surface area contributed by atoms with Crippen LogP contribution in [0.5, 0.6) is 5.75 Å². The van der Waals surface area contributed by atoms with Crippen LogP contribution in [0.25, 0.3) is 0 Å². The molecule has 2 aromatic carbocycles. The van der Waals surface area contributed by atoms with Crippen molar-refractivity contribution >= 4 is 17.8 Å². The largest absolute Gasteiger partial charge is 0.497 e. The van der Waals surface area contributed by atoms with Crippen molar-refractivity contribution in [2.45, 2.75) is 37.9 Å². The molecular weight excluding hydrogens is 396 g/mol. The van der Waals surface area contributed by atoms with Gasteiger partial charge in [0, 0.05) is 18.4 Å². The number of methoxy groups -OCH3 is 1. The molecule has 1 aliphatic carbocycles. The molecule has 31 heavy (non-hydrogen) atoms. The molecule has 0 spiro atoms. The third-order valence-corrected chi connectivity index (χ3v) is 5.91. The van der Waals surface area contributed by atoms with Crippen LogP contribution in [0.1, 0.15) is 30.9 Å². The quantitative estimate of drug-likeness (QED) is 0.546. The minimum absolute atomic E-state index is 0.176. The van der Waals surface area contributed by atoms with Crippen molar-refractivity contribution in [2.24, 2.45) is 0 Å². The first-order valence-corrected chi connectivity index (χ1v) is 10.4. The number of imide groups is 1. The van der Waals surface area contributed by atoms with E-state index in [0.29, 0.717) is 18.2 Å². The molecule has 0 aromatic heterocycles. The number of benzene rings is 2. The highest BCUT2D eigenvalue weighted by atomic mass is 16.5. The number of urea groups is 1. The molecule has 1 saturated carbocycles. The van der Waals surface area contributed by atoms with Gasteiger partial charge in [-0.1, -0.05) is 30.3 Å². The van der Waals surface area contributed by atoms with Crippen molar-refractivity contribution < 1.29 is 24.0 Å². The Morgan fingerprint density at radius 2 is 1.84 bits per heavy atom. The minimum atomic E-state index is -1.21. The zero-order valence-electron chi connectivity index (χ0n) is 17.7. The third kappa shape index (κ3) is 4.39. The van der Waals surface area contributed by atoms with Gasteiger partial charge in [-0.2, -0.15) is 5.01 Å². The molecule has 4 amide bonds. The SMILES string of the molecule is COc1ccc(C[NH+](CC(=O)NN2C(=O)N[C@@](C)(c3ccccc3)C2=O)C2CC2)cc1. The summed E-state index contributed by atoms with van der Waals surface area (Å²) in [6, 6.07) is 16.5. The van der Waals surface area contributed by atoms with Crippen LogP contribution in [-0.4, -0.2) is 42.6 Å². The molecule has 2 atom stereocenters. The first-order valence-electron chi connectivity index (χ1n) is 10.4. The number of carbonyl (C=O) groups excluding carboxylic acids is 3. The van der Waals surface area contributed by atoms with E-state index in [0.717, 1.165) is 34.1 Å². The number of nitrogens with zero attached hydrogens (tertiary/aromatic N) is 1. The van der Waals surface area contributed by atoms with Crippen LogP contribution in [0.15, 0.2) is 54.6 Å². The average molecular weight is 423 g/mol. The summed E-state index contributed by atoms with van der Waals surface area (Å²) < 4.78 is 5.20. The van der Waals surface area contributed by atoms with E-state index in [1.165, 1.54) is 0 Å². The van der Waals surface area contributed by atoms with Gasteiger partial charge in [0.1, 0.15) is 17.8 Å². The van der Waals surface area contributed by atoms with Gasteiger partial charge in [-0.05, 0) is 36.8 Å². The molecule has 1 unspecified atom stereocenters. The Balaban J connectivity index is 1.41. The van der Waals surface area contributed by atoms with E-state index in [9.17, 15) is 14.4 Å². The van der Waals surface area contributed by atoms with Gasteiger partial charge >= 0.3 is 6.03 Å². The summed E-state index contributed by atoms with van der Waals surface area (Å²) >= 11 is 0. The molecule has 1 heterocycles. The number of hydrogen-bond acceptors (Lipinski definition) is 4. The predicted octanol–water partition coefficient (Wildman–Crippen LogP) is 0.741. The number of hydrogen-bond donors (Lipinski definition) is 3. The molecule has 4 rings (SSSR count). The van der Waals surface area contributed by atoms with Gasteiger partial charge in [0.25, 0.3) is 11.8 Å². The lowest BCUT2D eigenvalue weighted by molar-refractivity contribution is -0.917. The Kier molecular flexibility index (Phi) is 5.65. The first-order chi connectivity index (χ1) is 14.9. The Bertz CT molecular complexity index is 975. The third-order valence-electron chi connectivity index (χ3n) is 5.91. The summed E-state index contributed by atoms with van der Waals surface area (Å²) in [4.78, 5) is 39.3. The van der Waals surface area contributed by atoms with Crippen molar-refractivity contribution in [2.75, 3.05) is 13.7 Å². The van der Waals surface area contributed by atoms with E-state index < -0.39 is 17.5 Å². The lowest BCUT2D eigenvalue weighted by Crippen LogP contribution is -3.13. The molecule has 2 aromatic rings. The first kappa shape index (κ1) is 20.9. The monoisotopic (exact) mass is 423 g/mol. The van der Waals surface area contributed by atoms with Crippen molar-refractivity contribution in [3.8, 4) is 5.75 Å². The lowest BCUT2D eigenvalue weighted by atomic mass is 9.92. The second kappa shape index (κ2) is 8.39. The Morgan fingerprint density at radius 1 is 1.16 bits per heavy atom. The van der Waals surface area contributed by atoms with E-state index in [1.54, 1.807) is 38.3 Å². The summed E-state index contributed by atoms with van der Waals surface area (Å²) in [6.07, 6.45) is 2.13. The summed E-state index contributed by atoms with van der Waals surface area (Å²) in [5, 5.41) is 3.49. The van der Waals surface area contributed by atoms with Gasteiger partial charge < -0.3 is 15.0 Å². The normalized spacial score (nSPS) is 21.5. The van der Waals surface area contributed by atoms with Gasteiger partial charge in [0.15, 0.2) is 6.54 Å². The molecule has 8 nitrogen and oxygen atoms in total. The number of nitrogens with one attached hydrogen (secondary N) is 3. The minimum Gasteiger partial charge on any atom is -0.497 e. The maximum Gasteiger partial charge on any atom is 0.344 e. The Labute approximate surface area is 181 Å². The fraction of sp³-hybridized carbons (Fsp3) is 0.348. The van der Waals surface area contributed by atoms with E-state index in [4.69, 9.17) is 4.74 Å². The molecule has 8 heteroatoms. The Morgan fingerprint density at radius 3 is 2.45 bits per heavy atom. The summed E-state index contributed by atoms with van der Waals surface area (Å²) in [5.41, 5.74) is 3.06. The van der Waals surface area contributed by atoms with E-state index in [1.807, 2.05) is 30.3 Å². The fourth-order valence-electron chi connectivity index (χ4n) is 3.93. The van der Waals surface area contributed by atoms with Crippen molar-refractivity contribution in [3.05, 3.63) is 65.7 Å². The van der Waals surface area contributed by atoms with Crippen LogP contribution in [0.3, 0.4) is 0 Å². The number of ether oxygens (including phenoxy) is 1. The maximum atomic E-state index is 13.0. The van der Waals surface area contributed by atoms with Gasteiger partial charge in [-0.25, -0.2) is 4.79 Å². The van der Waals surface area contributed by atoms with E-state index >= 15 is 0 Å². The molecule has 1 aliphatic heterocycles. The highest BCUT2D eigenvalue weighted by molar-refractivity contribution is 6.08. The molecule has 0 bridgehead atoms. The van der Waals surface area contributed by atoms with Gasteiger partial charge in [-0.15, -0.1) is 0 Å². The maximum absolute atomic E-state index is 13.0. The van der Waals surface area contributed by atoms with Gasteiger partial charge in [0.05, 0.1) is 13.2 Å². The van der Waals surface area contributed by atoms with Crippen LogP contribution < -0.4 is 20.4 Å². The number of carbonyl (C=O) groups is 3. The highest BCUT2D eigenvalue weighted by Gasteiger charge is 2.50. The number of quaternary nitrogens is 1. The molecule has 3 N–H and O–H groups in total. The summed E-state index contributed by atoms with van der Waals surface area (Å²) in [7, 11) is 1.62. The van der Waals surface area contributed by atoms with Crippen LogP contribution in [0.4, 0.5) is 4.79 Å². The molecule has 0 radical (unpaired) electrons. The second-order valence-corrected chi connectivity index (χ2v) is 8.23. The van der Waals surface area contributed by atoms with Crippen LogP contribution in [0, 0.1) is 0 Å². The number of hydrazine groups is 1. The topological polar surface area (TPSA) is 92.2 Å². The van der Waals surface area contributed by atoms with Crippen molar-refractivity contribution in [3.63, 3.8) is 0 Å². The van der Waals surface area contributed by atoms with Crippen LogP contribution >= 0.6 is 0 Å². The molecular formula is C23H27N4O4+. The molecule has 2 fully saturated rings. The number of amides is 4. The van der Waals surface area contributed by atoms with E-state index in [2.05, 4.69) is 10.7 Å². The highest BCUT2D eigenvalue weighted by Crippen LogP contribution is 2.27. The van der Waals surface area contributed by atoms with Crippen LogP contribution in [0.2, 0.25) is 0 Å². The smallest absolute Gasteiger partial charge is 0.344 e. The molecule has 2 aliphatic rings.